The number of rotatable bonds is 6. The van der Waals surface area contributed by atoms with Crippen molar-refractivity contribution in [3.8, 4) is 0 Å². The maximum Gasteiger partial charge on any atom is 0.338 e. The number of esters is 1. The Morgan fingerprint density at radius 2 is 2.05 bits per heavy atom. The third-order valence-electron chi connectivity index (χ3n) is 7.48. The lowest BCUT2D eigenvalue weighted by molar-refractivity contribution is -0.147. The number of aliphatic imine (C=N–C) groups is 1. The van der Waals surface area contributed by atoms with E-state index in [4.69, 9.17) is 21.3 Å². The molecule has 0 saturated carbocycles. The number of aliphatic carboxylic acids is 1. The second-order valence-corrected chi connectivity index (χ2v) is 12.3. The summed E-state index contributed by atoms with van der Waals surface area (Å²) in [4.78, 5) is 53.2. The monoisotopic (exact) mass is 604 g/mol. The number of thiazole rings is 1. The molecular weight excluding hydrogens is 575 g/mol. The molecule has 0 spiro atoms. The maximum atomic E-state index is 13.9. The number of amides is 2. The number of benzene rings is 1. The van der Waals surface area contributed by atoms with Gasteiger partial charge in [-0.2, -0.15) is 0 Å². The molecular formula is C27H30ClFN6O5S. The van der Waals surface area contributed by atoms with Gasteiger partial charge in [0.2, 0.25) is 0 Å². The zero-order chi connectivity index (χ0) is 29.6. The quantitative estimate of drug-likeness (QED) is 0.482. The molecule has 2 amide bonds. The van der Waals surface area contributed by atoms with Crippen molar-refractivity contribution >= 4 is 46.7 Å². The summed E-state index contributed by atoms with van der Waals surface area (Å²) in [5.41, 5.74) is 0.378. The smallest absolute Gasteiger partial charge is 0.338 e. The van der Waals surface area contributed by atoms with Gasteiger partial charge in [0.1, 0.15) is 17.9 Å². The Balaban J connectivity index is 1.57. The van der Waals surface area contributed by atoms with Gasteiger partial charge in [-0.25, -0.2) is 19.0 Å². The highest BCUT2D eigenvalue weighted by Gasteiger charge is 2.52. The van der Waals surface area contributed by atoms with E-state index in [9.17, 15) is 23.9 Å². The van der Waals surface area contributed by atoms with Crippen molar-refractivity contribution in [2.45, 2.75) is 44.4 Å². The van der Waals surface area contributed by atoms with E-state index in [0.717, 1.165) is 6.07 Å². The number of nitrogens with one attached hydrogen (secondary N) is 1. The number of carboxylic acid groups (broad SMARTS) is 1. The van der Waals surface area contributed by atoms with Gasteiger partial charge in [-0.3, -0.25) is 14.7 Å². The van der Waals surface area contributed by atoms with Crippen molar-refractivity contribution < 1.29 is 28.6 Å². The van der Waals surface area contributed by atoms with Gasteiger partial charge in [-0.1, -0.05) is 17.7 Å². The van der Waals surface area contributed by atoms with Gasteiger partial charge in [-0.15, -0.1) is 11.3 Å². The van der Waals surface area contributed by atoms with Crippen LogP contribution in [0.25, 0.3) is 0 Å². The van der Waals surface area contributed by atoms with Gasteiger partial charge in [0, 0.05) is 59.6 Å². The predicted molar refractivity (Wildman–Crippen MR) is 150 cm³/mol. The Kier molecular flexibility index (Phi) is 7.79. The summed E-state index contributed by atoms with van der Waals surface area (Å²) in [6, 6.07) is 1.04. The van der Waals surface area contributed by atoms with Crippen molar-refractivity contribution in [1.29, 1.82) is 0 Å². The fourth-order valence-electron chi connectivity index (χ4n) is 5.54. The minimum atomic E-state index is -1.08. The maximum absolute atomic E-state index is 13.9. The van der Waals surface area contributed by atoms with Crippen LogP contribution in [0, 0.1) is 5.82 Å². The highest BCUT2D eigenvalue weighted by molar-refractivity contribution is 7.11. The largest absolute Gasteiger partial charge is 0.480 e. The molecule has 4 heterocycles. The van der Waals surface area contributed by atoms with Crippen LogP contribution >= 0.6 is 22.9 Å². The molecule has 11 nitrogen and oxygen atoms in total. The Morgan fingerprint density at radius 1 is 1.29 bits per heavy atom. The summed E-state index contributed by atoms with van der Waals surface area (Å²) in [6.45, 7) is 6.58. The van der Waals surface area contributed by atoms with Crippen LogP contribution in [-0.4, -0.2) is 99.5 Å². The minimum Gasteiger partial charge on any atom is -0.480 e. The number of carbonyl (C=O) groups excluding carboxylic acids is 2. The fraction of sp³-hybridized carbons (Fsp3) is 0.444. The molecule has 2 N–H and O–H groups in total. The molecule has 1 aromatic heterocycles. The van der Waals surface area contributed by atoms with Crippen LogP contribution in [0.3, 0.4) is 0 Å². The third kappa shape index (κ3) is 5.41. The van der Waals surface area contributed by atoms with Crippen LogP contribution in [0.15, 0.2) is 46.0 Å². The Morgan fingerprint density at radius 3 is 2.66 bits per heavy atom. The van der Waals surface area contributed by atoms with Gasteiger partial charge in [0.05, 0.1) is 18.7 Å². The number of carboxylic acids is 1. The van der Waals surface area contributed by atoms with Gasteiger partial charge >= 0.3 is 18.0 Å². The first-order chi connectivity index (χ1) is 19.4. The number of nitrogens with zero attached hydrogens (tertiary/aromatic N) is 5. The molecule has 41 heavy (non-hydrogen) atoms. The number of aromatic nitrogens is 1. The van der Waals surface area contributed by atoms with Crippen molar-refractivity contribution in [2.24, 2.45) is 4.99 Å². The van der Waals surface area contributed by atoms with E-state index in [0.29, 0.717) is 28.6 Å². The molecule has 3 aliphatic heterocycles. The normalized spacial score (nSPS) is 23.3. The molecule has 218 valence electrons. The van der Waals surface area contributed by atoms with E-state index in [2.05, 4.69) is 10.3 Å². The lowest BCUT2D eigenvalue weighted by Gasteiger charge is -2.42. The lowest BCUT2D eigenvalue weighted by Crippen LogP contribution is -2.62. The summed E-state index contributed by atoms with van der Waals surface area (Å²) in [5, 5.41) is 15.9. The van der Waals surface area contributed by atoms with Crippen LogP contribution in [0.4, 0.5) is 9.18 Å². The van der Waals surface area contributed by atoms with Crippen molar-refractivity contribution in [3.05, 3.63) is 62.5 Å². The van der Waals surface area contributed by atoms with E-state index in [1.807, 2.05) is 20.8 Å². The number of piperazine rings is 1. The second kappa shape index (κ2) is 11.0. The topological polar surface area (TPSA) is 128 Å². The number of carbonyl (C=O) groups is 3. The first-order valence-electron chi connectivity index (χ1n) is 13.0. The number of halogens is 2. The highest BCUT2D eigenvalue weighted by Crippen LogP contribution is 2.38. The van der Waals surface area contributed by atoms with E-state index in [1.165, 1.54) is 30.6 Å². The first-order valence-corrected chi connectivity index (χ1v) is 14.2. The highest BCUT2D eigenvalue weighted by atomic mass is 35.5. The Bertz CT molecular complexity index is 1440. The molecule has 3 atom stereocenters. The SMILES string of the molecule is COC(=O)C1=C(CN2CCN3C(=O)N(C(C)(C)C)CC3C2C(=O)O)NC(c2nccs2)=NC1c1ccc(F)cc1Cl. The molecule has 2 saturated heterocycles. The lowest BCUT2D eigenvalue weighted by atomic mass is 9.94. The van der Waals surface area contributed by atoms with Crippen LogP contribution in [0.1, 0.15) is 37.4 Å². The summed E-state index contributed by atoms with van der Waals surface area (Å²) < 4.78 is 19.1. The number of urea groups is 1. The van der Waals surface area contributed by atoms with Crippen molar-refractivity contribution in [1.82, 2.24) is 25.0 Å². The average molecular weight is 605 g/mol. The second-order valence-electron chi connectivity index (χ2n) is 11.0. The summed E-state index contributed by atoms with van der Waals surface area (Å²) in [7, 11) is 1.24. The Hall–Kier alpha value is -3.55. The summed E-state index contributed by atoms with van der Waals surface area (Å²) >= 11 is 7.75. The number of ether oxygens (including phenoxy) is 1. The summed E-state index contributed by atoms with van der Waals surface area (Å²) in [6.07, 6.45) is 1.61. The minimum absolute atomic E-state index is 0.00908. The molecule has 14 heteroatoms. The molecule has 3 aliphatic rings. The molecule has 5 rings (SSSR count). The number of hydrogen-bond acceptors (Lipinski definition) is 9. The van der Waals surface area contributed by atoms with Gasteiger partial charge < -0.3 is 25.0 Å². The molecule has 2 aromatic rings. The van der Waals surface area contributed by atoms with Crippen LogP contribution in [0.5, 0.6) is 0 Å². The third-order valence-corrected chi connectivity index (χ3v) is 8.59. The van der Waals surface area contributed by atoms with E-state index < -0.39 is 41.4 Å². The molecule has 0 radical (unpaired) electrons. The van der Waals surface area contributed by atoms with Crippen LogP contribution in [-0.2, 0) is 14.3 Å². The van der Waals surface area contributed by atoms with Gasteiger partial charge in [0.15, 0.2) is 10.8 Å². The van der Waals surface area contributed by atoms with Crippen LogP contribution in [0.2, 0.25) is 5.02 Å². The molecule has 3 unspecified atom stereocenters. The van der Waals surface area contributed by atoms with E-state index >= 15 is 0 Å². The number of hydrogen-bond donors (Lipinski definition) is 2. The molecule has 0 aliphatic carbocycles. The van der Waals surface area contributed by atoms with E-state index in [-0.39, 0.29) is 36.3 Å². The standard InChI is InChI=1S/C27H30ClFN6O5S/c1-27(2,3)35-13-18-21(24(36)37)33(8-9-34(18)26(35)39)12-17-19(25(38)40-4)20(15-6-5-14(29)11-16(15)28)32-22(31-17)23-30-7-10-41-23/h5-7,10-11,18,20-21H,8-9,12-13H2,1-4H3,(H,31,32)(H,36,37). The Labute approximate surface area is 245 Å². The zero-order valence-corrected chi connectivity index (χ0v) is 24.5. The van der Waals surface area contributed by atoms with E-state index in [1.54, 1.807) is 26.3 Å². The van der Waals surface area contributed by atoms with Gasteiger partial charge in [0.25, 0.3) is 0 Å². The van der Waals surface area contributed by atoms with Crippen molar-refractivity contribution in [2.75, 3.05) is 33.3 Å². The molecule has 2 fully saturated rings. The molecule has 0 bridgehead atoms. The zero-order valence-electron chi connectivity index (χ0n) is 22.9. The van der Waals surface area contributed by atoms with Crippen molar-refractivity contribution in [3.63, 3.8) is 0 Å². The van der Waals surface area contributed by atoms with Crippen LogP contribution < -0.4 is 5.32 Å². The average Bonchev–Trinajstić information content (AvgIpc) is 3.56. The number of methoxy groups -OCH3 is 1. The van der Waals surface area contributed by atoms with Gasteiger partial charge in [-0.05, 0) is 32.9 Å². The summed E-state index contributed by atoms with van der Waals surface area (Å²) in [5.74, 6) is -1.96. The molecule has 1 aromatic carbocycles. The first kappa shape index (κ1) is 29.0. The fourth-order valence-corrected chi connectivity index (χ4v) is 6.40. The predicted octanol–water partition coefficient (Wildman–Crippen LogP) is 3.13. The number of fused-ring (bicyclic) bond motifs is 1. The number of amidine groups is 1.